The number of aromatic hydroxyl groups is 1. The summed E-state index contributed by atoms with van der Waals surface area (Å²) in [5.41, 5.74) is -0.189. The average Bonchev–Trinajstić information content (AvgIpc) is 2.37. The van der Waals surface area contributed by atoms with Crippen LogP contribution in [0.1, 0.15) is 50.4 Å². The number of carbonyl (C=O) groups excluding carboxylic acids is 1. The molecule has 0 aromatic heterocycles. The van der Waals surface area contributed by atoms with Crippen molar-refractivity contribution in [3.63, 3.8) is 0 Å². The van der Waals surface area contributed by atoms with E-state index in [0.717, 1.165) is 31.4 Å². The molecule has 21 heavy (non-hydrogen) atoms. The van der Waals surface area contributed by atoms with Crippen LogP contribution in [0.2, 0.25) is 0 Å². The van der Waals surface area contributed by atoms with Crippen LogP contribution < -0.4 is 5.32 Å². The van der Waals surface area contributed by atoms with Crippen LogP contribution in [-0.4, -0.2) is 22.0 Å². The van der Waals surface area contributed by atoms with Gasteiger partial charge in [-0.1, -0.05) is 26.7 Å². The molecule has 116 valence electrons. The second-order valence-electron chi connectivity index (χ2n) is 5.66. The van der Waals surface area contributed by atoms with Crippen molar-refractivity contribution in [2.24, 2.45) is 5.92 Å². The standard InChI is InChI=1S/C15H22N2O4/c1-10(2)5-4-6-11(3)16-15(19)12-7-8-13(17(20)21)14(18)9-12/h7-11,18H,4-6H2,1-3H3,(H,16,19). The lowest BCUT2D eigenvalue weighted by Gasteiger charge is -2.14. The van der Waals surface area contributed by atoms with Gasteiger partial charge in [0.05, 0.1) is 4.92 Å². The van der Waals surface area contributed by atoms with Gasteiger partial charge in [0, 0.05) is 17.7 Å². The number of carbonyl (C=O) groups is 1. The topological polar surface area (TPSA) is 92.5 Å². The van der Waals surface area contributed by atoms with Gasteiger partial charge in [0.1, 0.15) is 0 Å². The number of hydrogen-bond acceptors (Lipinski definition) is 4. The smallest absolute Gasteiger partial charge is 0.310 e. The van der Waals surface area contributed by atoms with Gasteiger partial charge in [0.25, 0.3) is 5.91 Å². The molecule has 1 rings (SSSR count). The number of benzene rings is 1. The molecule has 1 aromatic rings. The van der Waals surface area contributed by atoms with Crippen molar-refractivity contribution in [2.45, 2.75) is 46.1 Å². The maximum Gasteiger partial charge on any atom is 0.310 e. The minimum absolute atomic E-state index is 0.0218. The maximum atomic E-state index is 12.0. The maximum absolute atomic E-state index is 12.0. The number of rotatable bonds is 7. The summed E-state index contributed by atoms with van der Waals surface area (Å²) in [5, 5.41) is 23.0. The molecular formula is C15H22N2O4. The second kappa shape index (κ2) is 7.61. The Morgan fingerprint density at radius 3 is 2.52 bits per heavy atom. The molecule has 0 bridgehead atoms. The highest BCUT2D eigenvalue weighted by atomic mass is 16.6. The Kier molecular flexibility index (Phi) is 6.14. The van der Waals surface area contributed by atoms with Crippen LogP contribution in [0.15, 0.2) is 18.2 Å². The molecule has 0 aliphatic heterocycles. The van der Waals surface area contributed by atoms with E-state index in [1.165, 1.54) is 6.07 Å². The first-order chi connectivity index (χ1) is 9.81. The van der Waals surface area contributed by atoms with E-state index in [-0.39, 0.29) is 17.5 Å². The SMILES string of the molecule is CC(C)CCCC(C)NC(=O)c1ccc([N+](=O)[O-])c(O)c1. The van der Waals surface area contributed by atoms with E-state index >= 15 is 0 Å². The third-order valence-corrected chi connectivity index (χ3v) is 3.23. The van der Waals surface area contributed by atoms with Gasteiger partial charge in [0.2, 0.25) is 0 Å². The first-order valence-electron chi connectivity index (χ1n) is 7.09. The normalized spacial score (nSPS) is 12.2. The van der Waals surface area contributed by atoms with Crippen LogP contribution in [0.25, 0.3) is 0 Å². The number of nitrogens with zero attached hydrogens (tertiary/aromatic N) is 1. The van der Waals surface area contributed by atoms with Crippen LogP contribution in [0.4, 0.5) is 5.69 Å². The Morgan fingerprint density at radius 2 is 2.00 bits per heavy atom. The lowest BCUT2D eigenvalue weighted by molar-refractivity contribution is -0.385. The van der Waals surface area contributed by atoms with E-state index in [9.17, 15) is 20.0 Å². The number of nitro benzene ring substituents is 1. The van der Waals surface area contributed by atoms with Crippen molar-refractivity contribution < 1.29 is 14.8 Å². The zero-order valence-electron chi connectivity index (χ0n) is 12.6. The first kappa shape index (κ1) is 16.9. The van der Waals surface area contributed by atoms with E-state index < -0.39 is 16.4 Å². The second-order valence-corrected chi connectivity index (χ2v) is 5.66. The van der Waals surface area contributed by atoms with Crippen LogP contribution in [0.3, 0.4) is 0 Å². The molecule has 0 radical (unpaired) electrons. The molecule has 0 fully saturated rings. The minimum Gasteiger partial charge on any atom is -0.502 e. The fraction of sp³-hybridized carbons (Fsp3) is 0.533. The summed E-state index contributed by atoms with van der Waals surface area (Å²) in [7, 11) is 0. The molecule has 0 saturated heterocycles. The molecule has 6 nitrogen and oxygen atoms in total. The van der Waals surface area contributed by atoms with Gasteiger partial charge in [-0.2, -0.15) is 0 Å². The summed E-state index contributed by atoms with van der Waals surface area (Å²) in [4.78, 5) is 21.9. The highest BCUT2D eigenvalue weighted by Crippen LogP contribution is 2.26. The molecule has 0 heterocycles. The summed E-state index contributed by atoms with van der Waals surface area (Å²) < 4.78 is 0. The van der Waals surface area contributed by atoms with Crippen molar-refractivity contribution in [1.82, 2.24) is 5.32 Å². The zero-order valence-corrected chi connectivity index (χ0v) is 12.6. The molecule has 2 N–H and O–H groups in total. The largest absolute Gasteiger partial charge is 0.502 e. The third-order valence-electron chi connectivity index (χ3n) is 3.23. The van der Waals surface area contributed by atoms with E-state index in [1.54, 1.807) is 0 Å². The Labute approximate surface area is 124 Å². The van der Waals surface area contributed by atoms with Gasteiger partial charge in [-0.15, -0.1) is 0 Å². The Bertz CT molecular complexity index is 514. The molecule has 0 saturated carbocycles. The van der Waals surface area contributed by atoms with Crippen LogP contribution in [0.5, 0.6) is 5.75 Å². The predicted octanol–water partition coefficient (Wildman–Crippen LogP) is 3.25. The summed E-state index contributed by atoms with van der Waals surface area (Å²) in [5.74, 6) is -0.197. The molecular weight excluding hydrogens is 272 g/mol. The summed E-state index contributed by atoms with van der Waals surface area (Å²) in [6.45, 7) is 6.23. The molecule has 1 aromatic carbocycles. The van der Waals surface area contributed by atoms with Crippen molar-refractivity contribution in [1.29, 1.82) is 0 Å². The molecule has 0 aliphatic carbocycles. The van der Waals surface area contributed by atoms with Gasteiger partial charge < -0.3 is 10.4 Å². The third kappa shape index (κ3) is 5.41. The fourth-order valence-corrected chi connectivity index (χ4v) is 2.03. The average molecular weight is 294 g/mol. The van der Waals surface area contributed by atoms with Crippen LogP contribution >= 0.6 is 0 Å². The molecule has 1 amide bonds. The predicted molar refractivity (Wildman–Crippen MR) is 80.4 cm³/mol. The van der Waals surface area contributed by atoms with Crippen molar-refractivity contribution in [3.8, 4) is 5.75 Å². The number of nitro groups is 1. The van der Waals surface area contributed by atoms with E-state index in [1.807, 2.05) is 6.92 Å². The van der Waals surface area contributed by atoms with E-state index in [2.05, 4.69) is 19.2 Å². The van der Waals surface area contributed by atoms with Crippen molar-refractivity contribution in [2.75, 3.05) is 0 Å². The lowest BCUT2D eigenvalue weighted by atomic mass is 10.0. The Hall–Kier alpha value is -2.11. The fourth-order valence-electron chi connectivity index (χ4n) is 2.03. The molecule has 0 aliphatic rings. The highest BCUT2D eigenvalue weighted by molar-refractivity contribution is 5.95. The van der Waals surface area contributed by atoms with Gasteiger partial charge in [-0.25, -0.2) is 0 Å². The molecule has 6 heteroatoms. The van der Waals surface area contributed by atoms with Gasteiger partial charge in [-0.05, 0) is 31.4 Å². The van der Waals surface area contributed by atoms with E-state index in [4.69, 9.17) is 0 Å². The summed E-state index contributed by atoms with van der Waals surface area (Å²) in [6.07, 6.45) is 3.02. The number of nitrogens with one attached hydrogen (secondary N) is 1. The van der Waals surface area contributed by atoms with Gasteiger partial charge in [0.15, 0.2) is 5.75 Å². The summed E-state index contributed by atoms with van der Waals surface area (Å²) in [6, 6.07) is 3.62. The minimum atomic E-state index is -0.689. The molecule has 1 atom stereocenters. The quantitative estimate of drug-likeness (QED) is 0.596. The molecule has 1 unspecified atom stereocenters. The number of phenolic OH excluding ortho intramolecular Hbond substituents is 1. The zero-order chi connectivity index (χ0) is 16.0. The molecule has 0 spiro atoms. The number of hydrogen-bond donors (Lipinski definition) is 2. The summed E-state index contributed by atoms with van der Waals surface area (Å²) >= 11 is 0. The first-order valence-corrected chi connectivity index (χ1v) is 7.09. The van der Waals surface area contributed by atoms with Crippen molar-refractivity contribution in [3.05, 3.63) is 33.9 Å². The van der Waals surface area contributed by atoms with Gasteiger partial charge >= 0.3 is 5.69 Å². The number of phenols is 1. The Balaban J connectivity index is 2.59. The lowest BCUT2D eigenvalue weighted by Crippen LogP contribution is -2.32. The number of amides is 1. The monoisotopic (exact) mass is 294 g/mol. The highest BCUT2D eigenvalue weighted by Gasteiger charge is 2.17. The van der Waals surface area contributed by atoms with Gasteiger partial charge in [-0.3, -0.25) is 14.9 Å². The van der Waals surface area contributed by atoms with Crippen molar-refractivity contribution >= 4 is 11.6 Å². The van der Waals surface area contributed by atoms with E-state index in [0.29, 0.717) is 5.92 Å². The van der Waals surface area contributed by atoms with Crippen LogP contribution in [-0.2, 0) is 0 Å². The Morgan fingerprint density at radius 1 is 1.33 bits per heavy atom. The van der Waals surface area contributed by atoms with Crippen LogP contribution in [0, 0.1) is 16.0 Å².